The Bertz CT molecular complexity index is 726. The molecule has 0 aliphatic carbocycles. The fourth-order valence-electron chi connectivity index (χ4n) is 3.63. The first-order chi connectivity index (χ1) is 13.3. The molecule has 0 aromatic heterocycles. The van der Waals surface area contributed by atoms with Crippen LogP contribution < -0.4 is 5.32 Å². The SMILES string of the molecule is CCCCCS(=O)(=O)CC(=O)NCc1ccccc1CN1CC(C)OC(C)C1. The summed E-state index contributed by atoms with van der Waals surface area (Å²) in [6.07, 6.45) is 2.85. The Labute approximate surface area is 169 Å². The minimum atomic E-state index is -3.34. The van der Waals surface area contributed by atoms with E-state index in [9.17, 15) is 13.2 Å². The van der Waals surface area contributed by atoms with Gasteiger partial charge in [0, 0.05) is 26.2 Å². The van der Waals surface area contributed by atoms with Crippen LogP contribution in [0.1, 0.15) is 51.2 Å². The minimum absolute atomic E-state index is 0.0816. The number of unbranched alkanes of at least 4 members (excludes halogenated alkanes) is 2. The molecule has 1 N–H and O–H groups in total. The number of hydrogen-bond donors (Lipinski definition) is 1. The van der Waals surface area contributed by atoms with Gasteiger partial charge in [0.1, 0.15) is 5.75 Å². The van der Waals surface area contributed by atoms with Gasteiger partial charge in [0.2, 0.25) is 5.91 Å². The third kappa shape index (κ3) is 7.89. The van der Waals surface area contributed by atoms with Crippen molar-refractivity contribution >= 4 is 15.7 Å². The minimum Gasteiger partial charge on any atom is -0.373 e. The van der Waals surface area contributed by atoms with E-state index >= 15 is 0 Å². The number of amides is 1. The molecule has 1 aliphatic heterocycles. The number of sulfone groups is 1. The van der Waals surface area contributed by atoms with Crippen molar-refractivity contribution in [2.24, 2.45) is 0 Å². The van der Waals surface area contributed by atoms with Gasteiger partial charge in [-0.25, -0.2) is 8.42 Å². The zero-order valence-corrected chi connectivity index (χ0v) is 18.1. The van der Waals surface area contributed by atoms with Gasteiger partial charge in [-0.3, -0.25) is 9.69 Å². The molecule has 1 saturated heterocycles. The standard InChI is InChI=1S/C21H34N2O4S/c1-4-5-8-11-28(25,26)16-21(24)22-12-19-9-6-7-10-20(19)15-23-13-17(2)27-18(3)14-23/h6-7,9-10,17-18H,4-5,8,11-16H2,1-3H3,(H,22,24). The molecule has 0 bridgehead atoms. The topological polar surface area (TPSA) is 75.7 Å². The van der Waals surface area contributed by atoms with Crippen LogP contribution in [-0.2, 0) is 32.5 Å². The molecular weight excluding hydrogens is 376 g/mol. The molecule has 1 aliphatic rings. The molecule has 158 valence electrons. The molecule has 1 aromatic rings. The van der Waals surface area contributed by atoms with Crippen molar-refractivity contribution in [3.8, 4) is 0 Å². The number of ether oxygens (including phenoxy) is 1. The van der Waals surface area contributed by atoms with E-state index in [1.807, 2.05) is 25.1 Å². The highest BCUT2D eigenvalue weighted by Gasteiger charge is 2.23. The van der Waals surface area contributed by atoms with Crippen LogP contribution in [0.15, 0.2) is 24.3 Å². The zero-order chi connectivity index (χ0) is 20.6. The predicted octanol–water partition coefficient (Wildman–Crippen LogP) is 2.52. The quantitative estimate of drug-likeness (QED) is 0.600. The predicted molar refractivity (Wildman–Crippen MR) is 112 cm³/mol. The Morgan fingerprint density at radius 3 is 2.43 bits per heavy atom. The first-order valence-corrected chi connectivity index (χ1v) is 12.0. The third-order valence-electron chi connectivity index (χ3n) is 4.89. The summed E-state index contributed by atoms with van der Waals surface area (Å²) in [5.41, 5.74) is 2.17. The lowest BCUT2D eigenvalue weighted by atomic mass is 10.1. The van der Waals surface area contributed by atoms with E-state index in [0.29, 0.717) is 13.0 Å². The maximum Gasteiger partial charge on any atom is 0.235 e. The Morgan fingerprint density at radius 1 is 1.14 bits per heavy atom. The number of morpholine rings is 1. The van der Waals surface area contributed by atoms with Crippen molar-refractivity contribution in [2.75, 3.05) is 24.6 Å². The molecule has 1 heterocycles. The third-order valence-corrected chi connectivity index (χ3v) is 6.51. The summed E-state index contributed by atoms with van der Waals surface area (Å²) in [5.74, 6) is -0.782. The summed E-state index contributed by atoms with van der Waals surface area (Å²) in [4.78, 5) is 14.5. The van der Waals surface area contributed by atoms with Gasteiger partial charge in [-0.05, 0) is 31.4 Å². The van der Waals surface area contributed by atoms with Crippen LogP contribution in [-0.4, -0.2) is 56.0 Å². The lowest BCUT2D eigenvalue weighted by molar-refractivity contribution is -0.118. The van der Waals surface area contributed by atoms with Gasteiger partial charge in [-0.1, -0.05) is 44.0 Å². The normalized spacial score (nSPS) is 20.8. The lowest BCUT2D eigenvalue weighted by Gasteiger charge is -2.35. The molecular formula is C21H34N2O4S. The number of hydrogen-bond acceptors (Lipinski definition) is 5. The van der Waals surface area contributed by atoms with E-state index < -0.39 is 21.5 Å². The molecule has 2 rings (SSSR count). The van der Waals surface area contributed by atoms with E-state index in [4.69, 9.17) is 4.74 Å². The van der Waals surface area contributed by atoms with Crippen molar-refractivity contribution < 1.29 is 17.9 Å². The Morgan fingerprint density at radius 2 is 1.79 bits per heavy atom. The second-order valence-corrected chi connectivity index (χ2v) is 9.98. The molecule has 1 amide bonds. The first-order valence-electron chi connectivity index (χ1n) is 10.2. The average molecular weight is 411 g/mol. The number of carbonyl (C=O) groups excluding carboxylic acids is 1. The van der Waals surface area contributed by atoms with Crippen molar-refractivity contribution in [3.05, 3.63) is 35.4 Å². The fourth-order valence-corrected chi connectivity index (χ4v) is 4.92. The van der Waals surface area contributed by atoms with Crippen LogP contribution in [0.25, 0.3) is 0 Å². The van der Waals surface area contributed by atoms with Gasteiger partial charge >= 0.3 is 0 Å². The smallest absolute Gasteiger partial charge is 0.235 e. The molecule has 0 saturated carbocycles. The number of rotatable bonds is 10. The van der Waals surface area contributed by atoms with Gasteiger partial charge < -0.3 is 10.1 Å². The van der Waals surface area contributed by atoms with E-state index in [1.54, 1.807) is 0 Å². The van der Waals surface area contributed by atoms with Crippen LogP contribution >= 0.6 is 0 Å². The molecule has 28 heavy (non-hydrogen) atoms. The largest absolute Gasteiger partial charge is 0.373 e. The van der Waals surface area contributed by atoms with Crippen LogP contribution in [0.3, 0.4) is 0 Å². The van der Waals surface area contributed by atoms with Gasteiger partial charge in [0.25, 0.3) is 0 Å². The van der Waals surface area contributed by atoms with E-state index in [0.717, 1.165) is 43.6 Å². The molecule has 2 unspecified atom stereocenters. The van der Waals surface area contributed by atoms with Crippen LogP contribution in [0, 0.1) is 0 Å². The maximum atomic E-state index is 12.1. The lowest BCUT2D eigenvalue weighted by Crippen LogP contribution is -2.45. The summed E-state index contributed by atoms with van der Waals surface area (Å²) in [5, 5.41) is 2.78. The highest BCUT2D eigenvalue weighted by atomic mass is 32.2. The second-order valence-electron chi connectivity index (χ2n) is 7.80. The maximum absolute atomic E-state index is 12.1. The molecule has 6 nitrogen and oxygen atoms in total. The van der Waals surface area contributed by atoms with Gasteiger partial charge in [-0.15, -0.1) is 0 Å². The summed E-state index contributed by atoms with van der Waals surface area (Å²) < 4.78 is 29.9. The number of carbonyl (C=O) groups is 1. The zero-order valence-electron chi connectivity index (χ0n) is 17.3. The monoisotopic (exact) mass is 410 g/mol. The van der Waals surface area contributed by atoms with Crippen molar-refractivity contribution in [1.29, 1.82) is 0 Å². The Hall–Kier alpha value is -1.44. The fraction of sp³-hybridized carbons (Fsp3) is 0.667. The first kappa shape index (κ1) is 22.8. The van der Waals surface area contributed by atoms with Crippen molar-refractivity contribution in [2.45, 2.75) is 65.3 Å². The highest BCUT2D eigenvalue weighted by Crippen LogP contribution is 2.17. The van der Waals surface area contributed by atoms with Gasteiger partial charge in [-0.2, -0.15) is 0 Å². The molecule has 2 atom stereocenters. The van der Waals surface area contributed by atoms with E-state index in [-0.39, 0.29) is 18.0 Å². The summed E-state index contributed by atoms with van der Waals surface area (Å²) in [7, 11) is -3.34. The number of nitrogens with one attached hydrogen (secondary N) is 1. The molecule has 0 spiro atoms. The molecule has 1 aromatic carbocycles. The Kier molecular flexibility index (Phi) is 8.92. The second kappa shape index (κ2) is 10.9. The summed E-state index contributed by atoms with van der Waals surface area (Å²) >= 11 is 0. The van der Waals surface area contributed by atoms with Gasteiger partial charge in [0.15, 0.2) is 9.84 Å². The summed E-state index contributed by atoms with van der Waals surface area (Å²) in [6, 6.07) is 7.98. The molecule has 0 radical (unpaired) electrons. The Balaban J connectivity index is 1.89. The van der Waals surface area contributed by atoms with Gasteiger partial charge in [0.05, 0.1) is 18.0 Å². The number of nitrogens with zero attached hydrogens (tertiary/aromatic N) is 1. The van der Waals surface area contributed by atoms with Crippen molar-refractivity contribution in [1.82, 2.24) is 10.2 Å². The number of benzene rings is 1. The van der Waals surface area contributed by atoms with Crippen LogP contribution in [0.5, 0.6) is 0 Å². The van der Waals surface area contributed by atoms with Crippen LogP contribution in [0.4, 0.5) is 0 Å². The van der Waals surface area contributed by atoms with Crippen LogP contribution in [0.2, 0.25) is 0 Å². The van der Waals surface area contributed by atoms with Crippen molar-refractivity contribution in [3.63, 3.8) is 0 Å². The molecule has 1 fully saturated rings. The summed E-state index contributed by atoms with van der Waals surface area (Å²) in [6.45, 7) is 9.07. The van der Waals surface area contributed by atoms with E-state index in [2.05, 4.69) is 30.1 Å². The van der Waals surface area contributed by atoms with E-state index in [1.165, 1.54) is 0 Å². The average Bonchev–Trinajstić information content (AvgIpc) is 2.60. The molecule has 7 heteroatoms. The highest BCUT2D eigenvalue weighted by molar-refractivity contribution is 7.92.